The zero-order chi connectivity index (χ0) is 23.9. The lowest BCUT2D eigenvalue weighted by molar-refractivity contribution is -0.122. The number of fused-ring (bicyclic) bond motifs is 1. The minimum atomic E-state index is -0.129. The SMILES string of the molecule is CCc1ccc(C=C2Sc3ccccc3N(CC(=O)NCCCN3CCN(C)CC3)C2=O)cc1. The van der Waals surface area contributed by atoms with Crippen molar-refractivity contribution < 1.29 is 9.59 Å². The van der Waals surface area contributed by atoms with Gasteiger partial charge >= 0.3 is 0 Å². The maximum atomic E-state index is 13.4. The Labute approximate surface area is 207 Å². The van der Waals surface area contributed by atoms with Gasteiger partial charge in [-0.1, -0.05) is 55.1 Å². The van der Waals surface area contributed by atoms with Crippen molar-refractivity contribution in [2.45, 2.75) is 24.7 Å². The standard InChI is InChI=1S/C27H34N4O2S/c1-3-21-9-11-22(12-10-21)19-25-27(33)31(23-7-4-5-8-24(23)34-25)20-26(32)28-13-6-14-30-17-15-29(2)16-18-30/h4-5,7-12,19H,3,6,13-18,20H2,1-2H3,(H,28,32). The van der Waals surface area contributed by atoms with Gasteiger partial charge in [-0.25, -0.2) is 0 Å². The van der Waals surface area contributed by atoms with Crippen molar-refractivity contribution >= 4 is 35.3 Å². The summed E-state index contributed by atoms with van der Waals surface area (Å²) in [7, 11) is 2.15. The molecule has 7 heteroatoms. The van der Waals surface area contributed by atoms with E-state index in [9.17, 15) is 9.59 Å². The fourth-order valence-corrected chi connectivity index (χ4v) is 5.28. The van der Waals surface area contributed by atoms with E-state index in [0.717, 1.165) is 61.7 Å². The van der Waals surface area contributed by atoms with Gasteiger partial charge in [0, 0.05) is 37.6 Å². The molecule has 0 saturated carbocycles. The summed E-state index contributed by atoms with van der Waals surface area (Å²) < 4.78 is 0. The molecule has 0 atom stereocenters. The van der Waals surface area contributed by atoms with Gasteiger partial charge in [0.05, 0.1) is 10.6 Å². The average molecular weight is 479 g/mol. The number of likely N-dealkylation sites (N-methyl/N-ethyl adjacent to an activating group) is 1. The molecule has 0 unspecified atom stereocenters. The maximum Gasteiger partial charge on any atom is 0.265 e. The molecule has 1 fully saturated rings. The van der Waals surface area contributed by atoms with Gasteiger partial charge in [0.2, 0.25) is 5.91 Å². The molecule has 1 saturated heterocycles. The van der Waals surface area contributed by atoms with Crippen molar-refractivity contribution in [2.24, 2.45) is 0 Å². The summed E-state index contributed by atoms with van der Waals surface area (Å²) in [5.41, 5.74) is 3.05. The fraction of sp³-hybridized carbons (Fsp3) is 0.407. The number of aryl methyl sites for hydroxylation is 1. The van der Waals surface area contributed by atoms with Crippen LogP contribution in [0.1, 0.15) is 24.5 Å². The first-order valence-corrected chi connectivity index (χ1v) is 12.9. The Kier molecular flexibility index (Phi) is 8.43. The van der Waals surface area contributed by atoms with E-state index in [1.165, 1.54) is 17.3 Å². The van der Waals surface area contributed by atoms with Crippen molar-refractivity contribution in [3.05, 3.63) is 64.6 Å². The van der Waals surface area contributed by atoms with Crippen molar-refractivity contribution in [3.8, 4) is 0 Å². The van der Waals surface area contributed by atoms with Gasteiger partial charge in [-0.05, 0) is 55.8 Å². The van der Waals surface area contributed by atoms with E-state index in [1.54, 1.807) is 4.90 Å². The lowest BCUT2D eigenvalue weighted by Gasteiger charge is -2.32. The highest BCUT2D eigenvalue weighted by molar-refractivity contribution is 8.04. The number of rotatable bonds is 8. The molecule has 2 amide bonds. The number of amides is 2. The Morgan fingerprint density at radius 1 is 1.06 bits per heavy atom. The lowest BCUT2D eigenvalue weighted by atomic mass is 10.1. The third kappa shape index (κ3) is 6.29. The highest BCUT2D eigenvalue weighted by Crippen LogP contribution is 2.41. The van der Waals surface area contributed by atoms with E-state index in [2.05, 4.69) is 41.2 Å². The van der Waals surface area contributed by atoms with Crippen LogP contribution < -0.4 is 10.2 Å². The zero-order valence-electron chi connectivity index (χ0n) is 20.1. The fourth-order valence-electron chi connectivity index (χ4n) is 4.22. The topological polar surface area (TPSA) is 55.9 Å². The van der Waals surface area contributed by atoms with Gasteiger partial charge in [0.1, 0.15) is 6.54 Å². The van der Waals surface area contributed by atoms with Crippen LogP contribution in [0.4, 0.5) is 5.69 Å². The molecular formula is C27H34N4O2S. The van der Waals surface area contributed by atoms with Crippen LogP contribution in [-0.4, -0.2) is 74.5 Å². The Morgan fingerprint density at radius 2 is 1.79 bits per heavy atom. The zero-order valence-corrected chi connectivity index (χ0v) is 20.9. The molecule has 34 heavy (non-hydrogen) atoms. The molecular weight excluding hydrogens is 444 g/mol. The van der Waals surface area contributed by atoms with Crippen molar-refractivity contribution in [2.75, 3.05) is 57.8 Å². The minimum Gasteiger partial charge on any atom is -0.355 e. The number of benzene rings is 2. The number of anilines is 1. The number of nitrogens with zero attached hydrogens (tertiary/aromatic N) is 3. The highest BCUT2D eigenvalue weighted by atomic mass is 32.2. The quantitative estimate of drug-likeness (QED) is 0.465. The summed E-state index contributed by atoms with van der Waals surface area (Å²) in [4.78, 5) is 34.1. The molecule has 0 bridgehead atoms. The maximum absolute atomic E-state index is 13.4. The van der Waals surface area contributed by atoms with E-state index in [-0.39, 0.29) is 18.4 Å². The third-order valence-corrected chi connectivity index (χ3v) is 7.47. The number of para-hydroxylation sites is 1. The minimum absolute atomic E-state index is 0.0248. The molecule has 4 rings (SSSR count). The van der Waals surface area contributed by atoms with Gasteiger partial charge in [0.25, 0.3) is 5.91 Å². The predicted molar refractivity (Wildman–Crippen MR) is 140 cm³/mol. The molecule has 0 radical (unpaired) electrons. The van der Waals surface area contributed by atoms with Crippen LogP contribution in [0.25, 0.3) is 6.08 Å². The molecule has 2 aliphatic heterocycles. The van der Waals surface area contributed by atoms with E-state index in [1.807, 2.05) is 42.5 Å². The number of piperazine rings is 1. The number of nitrogens with one attached hydrogen (secondary N) is 1. The van der Waals surface area contributed by atoms with Gasteiger partial charge in [-0.3, -0.25) is 14.5 Å². The smallest absolute Gasteiger partial charge is 0.265 e. The third-order valence-electron chi connectivity index (χ3n) is 6.39. The van der Waals surface area contributed by atoms with E-state index in [4.69, 9.17) is 0 Å². The van der Waals surface area contributed by atoms with E-state index in [0.29, 0.717) is 11.4 Å². The second-order valence-corrected chi connectivity index (χ2v) is 10.00. The summed E-state index contributed by atoms with van der Waals surface area (Å²) in [5.74, 6) is -0.254. The monoisotopic (exact) mass is 478 g/mol. The summed E-state index contributed by atoms with van der Waals surface area (Å²) in [6, 6.07) is 16.0. The Hall–Kier alpha value is -2.61. The van der Waals surface area contributed by atoms with Crippen LogP contribution in [-0.2, 0) is 16.0 Å². The summed E-state index contributed by atoms with van der Waals surface area (Å²) in [6.45, 7) is 8.11. The van der Waals surface area contributed by atoms with Gasteiger partial charge in [0.15, 0.2) is 0 Å². The van der Waals surface area contributed by atoms with E-state index < -0.39 is 0 Å². The van der Waals surface area contributed by atoms with Crippen LogP contribution in [0.15, 0.2) is 58.3 Å². The molecule has 6 nitrogen and oxygen atoms in total. The Balaban J connectivity index is 1.38. The number of hydrogen-bond acceptors (Lipinski definition) is 5. The second-order valence-electron chi connectivity index (χ2n) is 8.91. The summed E-state index contributed by atoms with van der Waals surface area (Å²) >= 11 is 1.47. The van der Waals surface area contributed by atoms with Gasteiger partial charge in [-0.2, -0.15) is 0 Å². The molecule has 0 aromatic heterocycles. The number of carbonyl (C=O) groups is 2. The molecule has 1 N–H and O–H groups in total. The van der Waals surface area contributed by atoms with Crippen LogP contribution in [0, 0.1) is 0 Å². The number of thioether (sulfide) groups is 1. The van der Waals surface area contributed by atoms with Crippen molar-refractivity contribution in [1.29, 1.82) is 0 Å². The number of hydrogen-bond donors (Lipinski definition) is 1. The largest absolute Gasteiger partial charge is 0.355 e. The molecule has 0 spiro atoms. The van der Waals surface area contributed by atoms with Crippen LogP contribution in [0.2, 0.25) is 0 Å². The molecule has 0 aliphatic carbocycles. The summed E-state index contributed by atoms with van der Waals surface area (Å²) in [6.07, 6.45) is 3.81. The van der Waals surface area contributed by atoms with Crippen LogP contribution >= 0.6 is 11.8 Å². The normalized spacial score (nSPS) is 18.2. The van der Waals surface area contributed by atoms with Crippen LogP contribution in [0.5, 0.6) is 0 Å². The Morgan fingerprint density at radius 3 is 2.53 bits per heavy atom. The lowest BCUT2D eigenvalue weighted by Crippen LogP contribution is -2.45. The first-order chi connectivity index (χ1) is 16.5. The number of carbonyl (C=O) groups excluding carboxylic acids is 2. The molecule has 2 aromatic carbocycles. The molecule has 2 heterocycles. The second kappa shape index (κ2) is 11.7. The van der Waals surface area contributed by atoms with Crippen LogP contribution in [0.3, 0.4) is 0 Å². The van der Waals surface area contributed by atoms with Gasteiger partial charge < -0.3 is 15.1 Å². The summed E-state index contributed by atoms with van der Waals surface area (Å²) in [5, 5.41) is 3.01. The van der Waals surface area contributed by atoms with Crippen molar-refractivity contribution in [3.63, 3.8) is 0 Å². The average Bonchev–Trinajstić information content (AvgIpc) is 2.86. The predicted octanol–water partition coefficient (Wildman–Crippen LogP) is 3.48. The van der Waals surface area contributed by atoms with E-state index >= 15 is 0 Å². The Bertz CT molecular complexity index is 1030. The molecule has 2 aromatic rings. The highest BCUT2D eigenvalue weighted by Gasteiger charge is 2.30. The molecule has 2 aliphatic rings. The first kappa shape index (κ1) is 24.5. The molecule has 180 valence electrons. The van der Waals surface area contributed by atoms with Gasteiger partial charge in [-0.15, -0.1) is 0 Å². The first-order valence-electron chi connectivity index (χ1n) is 12.1. The van der Waals surface area contributed by atoms with Crippen molar-refractivity contribution in [1.82, 2.24) is 15.1 Å².